The van der Waals surface area contributed by atoms with Crippen LogP contribution in [0.2, 0.25) is 5.02 Å². The fourth-order valence-electron chi connectivity index (χ4n) is 2.86. The second kappa shape index (κ2) is 7.07. The fraction of sp³-hybridized carbons (Fsp3) is 0.263. The molecule has 7 heteroatoms. The van der Waals surface area contributed by atoms with Crippen LogP contribution >= 0.6 is 11.6 Å². The summed E-state index contributed by atoms with van der Waals surface area (Å²) in [4.78, 5) is 29.7. The molecule has 0 heterocycles. The van der Waals surface area contributed by atoms with Crippen LogP contribution in [0.3, 0.4) is 0 Å². The van der Waals surface area contributed by atoms with Crippen molar-refractivity contribution >= 4 is 23.5 Å². The maximum atomic E-state index is 12.8. The minimum atomic E-state index is -2.03. The number of ketones is 1. The van der Waals surface area contributed by atoms with Crippen LogP contribution in [0.1, 0.15) is 40.9 Å². The Hall–Kier alpha value is -2.41. The van der Waals surface area contributed by atoms with Crippen molar-refractivity contribution < 1.29 is 29.2 Å². The van der Waals surface area contributed by atoms with Gasteiger partial charge in [0, 0.05) is 27.3 Å². The molecule has 6 nitrogen and oxygen atoms in total. The molecule has 2 aromatic carbocycles. The van der Waals surface area contributed by atoms with Crippen LogP contribution in [0.25, 0.3) is 0 Å². The Labute approximate surface area is 155 Å². The zero-order valence-electron chi connectivity index (χ0n) is 14.2. The van der Waals surface area contributed by atoms with Gasteiger partial charge in [-0.15, -0.1) is 0 Å². The van der Waals surface area contributed by atoms with E-state index in [0.29, 0.717) is 5.02 Å². The first-order valence-corrected chi connectivity index (χ1v) is 8.39. The Kier molecular flexibility index (Phi) is 5.00. The number of benzene rings is 2. The van der Waals surface area contributed by atoms with Crippen LogP contribution in [-0.2, 0) is 20.1 Å². The molecule has 1 unspecified atom stereocenters. The normalized spacial score (nSPS) is 18.3. The van der Waals surface area contributed by atoms with Crippen molar-refractivity contribution in [3.63, 3.8) is 0 Å². The van der Waals surface area contributed by atoms with E-state index in [1.165, 1.54) is 24.3 Å². The number of fused-ring (bicyclic) bond motifs is 2. The number of ether oxygens (including phenoxy) is 2. The standard InChI is InChI=1S/C19H17ClO6/c1-11(2)10-24-18(22)25-19(26-23)15-6-4-3-5-13(15)17(21)14-9-12(20)7-8-16(14)19/h3-9,11,23H,10H2,1-2H3. The minimum Gasteiger partial charge on any atom is -0.434 e. The Bertz CT molecular complexity index is 863. The van der Waals surface area contributed by atoms with E-state index in [4.69, 9.17) is 21.1 Å². The Morgan fingerprint density at radius 3 is 2.54 bits per heavy atom. The van der Waals surface area contributed by atoms with Crippen LogP contribution in [0.15, 0.2) is 42.5 Å². The summed E-state index contributed by atoms with van der Waals surface area (Å²) in [6.07, 6.45) is -1.03. The van der Waals surface area contributed by atoms with Crippen LogP contribution in [0.4, 0.5) is 4.79 Å². The number of hydrogen-bond acceptors (Lipinski definition) is 6. The van der Waals surface area contributed by atoms with Crippen LogP contribution in [-0.4, -0.2) is 23.8 Å². The smallest absolute Gasteiger partial charge is 0.434 e. The van der Waals surface area contributed by atoms with Crippen molar-refractivity contribution in [2.75, 3.05) is 6.61 Å². The van der Waals surface area contributed by atoms with E-state index in [2.05, 4.69) is 4.89 Å². The summed E-state index contributed by atoms with van der Waals surface area (Å²) in [5.41, 5.74) is 0.758. The van der Waals surface area contributed by atoms with Crippen molar-refractivity contribution in [2.45, 2.75) is 19.6 Å². The van der Waals surface area contributed by atoms with Crippen molar-refractivity contribution in [1.29, 1.82) is 0 Å². The van der Waals surface area contributed by atoms with Crippen molar-refractivity contribution in [2.24, 2.45) is 5.92 Å². The van der Waals surface area contributed by atoms with Gasteiger partial charge in [-0.25, -0.2) is 10.1 Å². The molecule has 0 bridgehead atoms. The number of hydrogen-bond donors (Lipinski definition) is 1. The van der Waals surface area contributed by atoms with E-state index in [9.17, 15) is 14.8 Å². The molecule has 0 aliphatic heterocycles. The Morgan fingerprint density at radius 2 is 1.85 bits per heavy atom. The van der Waals surface area contributed by atoms with E-state index in [-0.39, 0.29) is 40.6 Å². The lowest BCUT2D eigenvalue weighted by atomic mass is 9.80. The molecule has 1 N–H and O–H groups in total. The van der Waals surface area contributed by atoms with Gasteiger partial charge in [-0.05, 0) is 24.1 Å². The maximum Gasteiger partial charge on any atom is 0.511 e. The molecule has 3 rings (SSSR count). The van der Waals surface area contributed by atoms with E-state index in [0.717, 1.165) is 0 Å². The molecule has 0 saturated carbocycles. The lowest BCUT2D eigenvalue weighted by Gasteiger charge is -2.35. The first kappa shape index (κ1) is 18.4. The van der Waals surface area contributed by atoms with Gasteiger partial charge < -0.3 is 9.47 Å². The number of carbonyl (C=O) groups is 2. The van der Waals surface area contributed by atoms with Gasteiger partial charge in [0.1, 0.15) is 0 Å². The summed E-state index contributed by atoms with van der Waals surface area (Å²) in [6, 6.07) is 10.8. The second-order valence-electron chi connectivity index (χ2n) is 6.33. The lowest BCUT2D eigenvalue weighted by Crippen LogP contribution is -2.42. The van der Waals surface area contributed by atoms with Crippen molar-refractivity contribution in [3.05, 3.63) is 69.7 Å². The molecule has 0 radical (unpaired) electrons. The summed E-state index contributed by atoms with van der Waals surface area (Å²) in [5, 5.41) is 10.1. The number of rotatable bonds is 4. The first-order valence-electron chi connectivity index (χ1n) is 8.01. The van der Waals surface area contributed by atoms with Crippen molar-refractivity contribution in [3.8, 4) is 0 Å². The number of halogens is 1. The molecule has 1 aliphatic rings. The van der Waals surface area contributed by atoms with Crippen LogP contribution in [0, 0.1) is 5.92 Å². The monoisotopic (exact) mass is 376 g/mol. The Balaban J connectivity index is 2.13. The highest BCUT2D eigenvalue weighted by molar-refractivity contribution is 6.31. The third kappa shape index (κ3) is 3.07. The highest BCUT2D eigenvalue weighted by Crippen LogP contribution is 2.44. The molecule has 0 saturated heterocycles. The molecular weight excluding hydrogens is 360 g/mol. The zero-order chi connectivity index (χ0) is 18.9. The zero-order valence-corrected chi connectivity index (χ0v) is 14.9. The third-order valence-electron chi connectivity index (χ3n) is 4.00. The number of carbonyl (C=O) groups excluding carboxylic acids is 2. The van der Waals surface area contributed by atoms with Crippen LogP contribution in [0.5, 0.6) is 0 Å². The largest absolute Gasteiger partial charge is 0.511 e. The van der Waals surface area contributed by atoms with Crippen molar-refractivity contribution in [1.82, 2.24) is 0 Å². The molecule has 26 heavy (non-hydrogen) atoms. The molecule has 0 amide bonds. The fourth-order valence-corrected chi connectivity index (χ4v) is 3.03. The highest BCUT2D eigenvalue weighted by Gasteiger charge is 2.49. The van der Waals surface area contributed by atoms with Gasteiger partial charge in [-0.3, -0.25) is 4.79 Å². The predicted octanol–water partition coefficient (Wildman–Crippen LogP) is 4.38. The van der Waals surface area contributed by atoms with E-state index >= 15 is 0 Å². The first-order chi connectivity index (χ1) is 12.4. The molecular formula is C19H17ClO6. The van der Waals surface area contributed by atoms with Crippen LogP contribution < -0.4 is 0 Å². The topological polar surface area (TPSA) is 82.1 Å². The quantitative estimate of drug-likeness (QED) is 0.369. The van der Waals surface area contributed by atoms with E-state index < -0.39 is 11.9 Å². The van der Waals surface area contributed by atoms with Gasteiger partial charge >= 0.3 is 11.9 Å². The molecule has 2 aromatic rings. The second-order valence-corrected chi connectivity index (χ2v) is 6.77. The summed E-state index contributed by atoms with van der Waals surface area (Å²) >= 11 is 6.01. The van der Waals surface area contributed by atoms with Gasteiger partial charge in [0.05, 0.1) is 6.61 Å². The molecule has 1 aliphatic carbocycles. The van der Waals surface area contributed by atoms with E-state index in [1.54, 1.807) is 18.2 Å². The molecule has 0 fully saturated rings. The lowest BCUT2D eigenvalue weighted by molar-refractivity contribution is -0.383. The summed E-state index contributed by atoms with van der Waals surface area (Å²) in [7, 11) is 0. The third-order valence-corrected chi connectivity index (χ3v) is 4.23. The predicted molar refractivity (Wildman–Crippen MR) is 93.1 cm³/mol. The molecule has 0 spiro atoms. The van der Waals surface area contributed by atoms with Gasteiger partial charge in [-0.1, -0.05) is 49.7 Å². The maximum absolute atomic E-state index is 12.8. The summed E-state index contributed by atoms with van der Waals surface area (Å²) < 4.78 is 10.4. The van der Waals surface area contributed by atoms with Gasteiger partial charge in [0.25, 0.3) is 0 Å². The van der Waals surface area contributed by atoms with E-state index in [1.807, 2.05) is 13.8 Å². The minimum absolute atomic E-state index is 0.0971. The van der Waals surface area contributed by atoms with Gasteiger partial charge in [-0.2, -0.15) is 4.89 Å². The average molecular weight is 377 g/mol. The SMILES string of the molecule is CC(C)COC(=O)OC1(OO)c2ccccc2C(=O)c2cc(Cl)ccc21. The molecule has 136 valence electrons. The molecule has 1 atom stereocenters. The van der Waals surface area contributed by atoms with Gasteiger partial charge in [0.2, 0.25) is 0 Å². The summed E-state index contributed by atoms with van der Waals surface area (Å²) in [5.74, 6) is -2.25. The average Bonchev–Trinajstić information content (AvgIpc) is 2.63. The Morgan fingerprint density at radius 1 is 1.15 bits per heavy atom. The molecule has 0 aromatic heterocycles. The highest BCUT2D eigenvalue weighted by atomic mass is 35.5. The summed E-state index contributed by atoms with van der Waals surface area (Å²) in [6.45, 7) is 3.88. The van der Waals surface area contributed by atoms with Gasteiger partial charge in [0.15, 0.2) is 5.78 Å².